The van der Waals surface area contributed by atoms with Gasteiger partial charge in [-0.25, -0.2) is 17.6 Å². The van der Waals surface area contributed by atoms with Gasteiger partial charge in [0.05, 0.1) is 41.0 Å². The SMILES string of the molecule is COc1ccc(OC)c(C(=O)COC(=O)c2cc(S(=O)(=O)N(C)c3ccc(F)cc3)ccc2Cl)c1. The van der Waals surface area contributed by atoms with Crippen LogP contribution in [0.1, 0.15) is 20.7 Å². The Hall–Kier alpha value is -3.63. The van der Waals surface area contributed by atoms with Crippen LogP contribution in [0.25, 0.3) is 0 Å². The molecule has 0 heterocycles. The molecule has 0 spiro atoms. The number of nitrogens with zero attached hydrogens (tertiary/aromatic N) is 1. The zero-order valence-corrected chi connectivity index (χ0v) is 20.5. The lowest BCUT2D eigenvalue weighted by Crippen LogP contribution is -2.27. The van der Waals surface area contributed by atoms with Crippen LogP contribution in [0.5, 0.6) is 11.5 Å². The lowest BCUT2D eigenvalue weighted by atomic mass is 10.1. The second-order valence-electron chi connectivity index (χ2n) is 7.16. The van der Waals surface area contributed by atoms with E-state index in [9.17, 15) is 22.4 Å². The average Bonchev–Trinajstić information content (AvgIpc) is 2.86. The molecule has 3 aromatic rings. The molecule has 0 saturated carbocycles. The molecule has 3 rings (SSSR count). The second kappa shape index (κ2) is 10.7. The third-order valence-electron chi connectivity index (χ3n) is 5.05. The van der Waals surface area contributed by atoms with Crippen molar-refractivity contribution in [1.29, 1.82) is 0 Å². The number of ketones is 1. The molecule has 0 bridgehead atoms. The van der Waals surface area contributed by atoms with Crippen molar-refractivity contribution in [3.63, 3.8) is 0 Å². The van der Waals surface area contributed by atoms with Crippen LogP contribution in [-0.2, 0) is 14.8 Å². The first-order valence-electron chi connectivity index (χ1n) is 10.0. The van der Waals surface area contributed by atoms with Crippen molar-refractivity contribution < 1.29 is 36.6 Å². The minimum absolute atomic E-state index is 0.0650. The van der Waals surface area contributed by atoms with Gasteiger partial charge in [-0.05, 0) is 60.7 Å². The first-order valence-corrected chi connectivity index (χ1v) is 11.9. The smallest absolute Gasteiger partial charge is 0.340 e. The van der Waals surface area contributed by atoms with Gasteiger partial charge in [0.1, 0.15) is 17.3 Å². The molecule has 0 unspecified atom stereocenters. The lowest BCUT2D eigenvalue weighted by molar-refractivity contribution is 0.0474. The fraction of sp³-hybridized carbons (Fsp3) is 0.167. The molecule has 8 nitrogen and oxygen atoms in total. The highest BCUT2D eigenvalue weighted by Crippen LogP contribution is 2.27. The minimum atomic E-state index is -4.12. The largest absolute Gasteiger partial charge is 0.497 e. The first-order chi connectivity index (χ1) is 16.6. The van der Waals surface area contributed by atoms with E-state index in [1.54, 1.807) is 6.07 Å². The molecule has 0 radical (unpaired) electrons. The van der Waals surface area contributed by atoms with E-state index in [1.807, 2.05) is 0 Å². The summed E-state index contributed by atoms with van der Waals surface area (Å²) < 4.78 is 55.6. The number of rotatable bonds is 9. The van der Waals surface area contributed by atoms with E-state index in [1.165, 1.54) is 57.7 Å². The maximum absolute atomic E-state index is 13.2. The van der Waals surface area contributed by atoms with Crippen LogP contribution < -0.4 is 13.8 Å². The number of sulfonamides is 1. The monoisotopic (exact) mass is 521 g/mol. The van der Waals surface area contributed by atoms with Gasteiger partial charge in [0, 0.05) is 7.05 Å². The van der Waals surface area contributed by atoms with E-state index < -0.39 is 34.2 Å². The van der Waals surface area contributed by atoms with Crippen molar-refractivity contribution in [2.24, 2.45) is 0 Å². The Bertz CT molecular complexity index is 1360. The van der Waals surface area contributed by atoms with E-state index in [0.717, 1.165) is 22.5 Å². The highest BCUT2D eigenvalue weighted by Gasteiger charge is 2.25. The molecule has 0 aliphatic carbocycles. The standard InChI is InChI=1S/C24H21ClFNO7S/c1-27(16-6-4-15(26)5-7-16)35(30,31)18-9-10-21(25)19(13-18)24(29)34-14-22(28)20-12-17(32-2)8-11-23(20)33-3/h4-13H,14H2,1-3H3. The molecule has 11 heteroatoms. The normalized spacial score (nSPS) is 11.0. The zero-order chi connectivity index (χ0) is 25.8. The van der Waals surface area contributed by atoms with Gasteiger partial charge in [0.15, 0.2) is 6.61 Å². The quantitative estimate of drug-likeness (QED) is 0.305. The number of anilines is 1. The first kappa shape index (κ1) is 26.0. The number of carbonyl (C=O) groups is 2. The topological polar surface area (TPSA) is 99.2 Å². The van der Waals surface area contributed by atoms with Gasteiger partial charge in [-0.1, -0.05) is 11.6 Å². The molecule has 0 aromatic heterocycles. The fourth-order valence-electron chi connectivity index (χ4n) is 3.09. The average molecular weight is 522 g/mol. The molecular weight excluding hydrogens is 501 g/mol. The van der Waals surface area contributed by atoms with Crippen LogP contribution in [0, 0.1) is 5.82 Å². The van der Waals surface area contributed by atoms with Crippen molar-refractivity contribution in [2.45, 2.75) is 4.90 Å². The summed E-state index contributed by atoms with van der Waals surface area (Å²) in [6.07, 6.45) is 0. The molecule has 0 N–H and O–H groups in total. The third kappa shape index (κ3) is 5.72. The highest BCUT2D eigenvalue weighted by atomic mass is 35.5. The Balaban J connectivity index is 1.81. The van der Waals surface area contributed by atoms with E-state index in [2.05, 4.69) is 0 Å². The predicted octanol–water partition coefficient (Wildman–Crippen LogP) is 4.36. The van der Waals surface area contributed by atoms with Crippen molar-refractivity contribution >= 4 is 39.1 Å². The minimum Gasteiger partial charge on any atom is -0.497 e. The van der Waals surface area contributed by atoms with Crippen molar-refractivity contribution in [2.75, 3.05) is 32.2 Å². The van der Waals surface area contributed by atoms with E-state index in [4.69, 9.17) is 25.8 Å². The van der Waals surface area contributed by atoms with Gasteiger partial charge in [-0.15, -0.1) is 0 Å². The Morgan fingerprint density at radius 2 is 1.63 bits per heavy atom. The maximum Gasteiger partial charge on any atom is 0.340 e. The van der Waals surface area contributed by atoms with Gasteiger partial charge in [0.2, 0.25) is 5.78 Å². The number of Topliss-reactive ketones (excluding diaryl/α,β-unsaturated/α-hetero) is 1. The summed E-state index contributed by atoms with van der Waals surface area (Å²) in [5.41, 5.74) is 0.108. The maximum atomic E-state index is 13.2. The molecule has 0 saturated heterocycles. The lowest BCUT2D eigenvalue weighted by Gasteiger charge is -2.20. The van der Waals surface area contributed by atoms with Crippen molar-refractivity contribution in [1.82, 2.24) is 0 Å². The number of esters is 1. The van der Waals surface area contributed by atoms with Crippen molar-refractivity contribution in [3.8, 4) is 11.5 Å². The summed E-state index contributed by atoms with van der Waals surface area (Å²) in [5.74, 6) is -1.40. The number of benzene rings is 3. The molecule has 184 valence electrons. The summed E-state index contributed by atoms with van der Waals surface area (Å²) in [5, 5.41) is -0.0650. The van der Waals surface area contributed by atoms with E-state index in [-0.39, 0.29) is 32.5 Å². The number of hydrogen-bond acceptors (Lipinski definition) is 7. The molecule has 0 amide bonds. The molecule has 3 aromatic carbocycles. The Labute approximate surface area is 206 Å². The van der Waals surface area contributed by atoms with Crippen molar-refractivity contribution in [3.05, 3.63) is 82.6 Å². The molecule has 0 aliphatic rings. The number of carbonyl (C=O) groups excluding carboxylic acids is 2. The Kier molecular flexibility index (Phi) is 7.98. The molecule has 0 atom stereocenters. The number of ether oxygens (including phenoxy) is 3. The summed E-state index contributed by atoms with van der Waals surface area (Å²) in [4.78, 5) is 25.1. The van der Waals surface area contributed by atoms with Gasteiger partial charge < -0.3 is 14.2 Å². The molecule has 35 heavy (non-hydrogen) atoms. The molecule has 0 aliphatic heterocycles. The number of methoxy groups -OCH3 is 2. The van der Waals surface area contributed by atoms with E-state index >= 15 is 0 Å². The second-order valence-corrected chi connectivity index (χ2v) is 9.53. The molecular formula is C24H21ClFNO7S. The van der Waals surface area contributed by atoms with Crippen LogP contribution in [0.4, 0.5) is 10.1 Å². The number of hydrogen-bond donors (Lipinski definition) is 0. The van der Waals surface area contributed by atoms with Gasteiger partial charge >= 0.3 is 5.97 Å². The van der Waals surface area contributed by atoms with Crippen LogP contribution >= 0.6 is 11.6 Å². The molecule has 0 fully saturated rings. The van der Waals surface area contributed by atoms with Gasteiger partial charge in [-0.2, -0.15) is 0 Å². The van der Waals surface area contributed by atoms with Gasteiger partial charge in [0.25, 0.3) is 10.0 Å². The summed E-state index contributed by atoms with van der Waals surface area (Å²) >= 11 is 6.10. The fourth-order valence-corrected chi connectivity index (χ4v) is 4.50. The Morgan fingerprint density at radius 3 is 2.26 bits per heavy atom. The van der Waals surface area contributed by atoms with Gasteiger partial charge in [-0.3, -0.25) is 9.10 Å². The summed E-state index contributed by atoms with van der Waals surface area (Å²) in [7, 11) is -0.00916. The zero-order valence-electron chi connectivity index (χ0n) is 18.9. The summed E-state index contributed by atoms with van der Waals surface area (Å²) in [6, 6.07) is 13.0. The third-order valence-corrected chi connectivity index (χ3v) is 7.16. The highest BCUT2D eigenvalue weighted by molar-refractivity contribution is 7.92. The van der Waals surface area contributed by atoms with Crippen LogP contribution in [-0.4, -0.2) is 48.0 Å². The van der Waals surface area contributed by atoms with E-state index in [0.29, 0.717) is 5.75 Å². The predicted molar refractivity (Wildman–Crippen MR) is 128 cm³/mol. The van der Waals surface area contributed by atoms with Crippen LogP contribution in [0.15, 0.2) is 65.6 Å². The van der Waals surface area contributed by atoms with Crippen LogP contribution in [0.2, 0.25) is 5.02 Å². The van der Waals surface area contributed by atoms with Crippen LogP contribution in [0.3, 0.4) is 0 Å². The number of halogens is 2. The Morgan fingerprint density at radius 1 is 0.943 bits per heavy atom. The summed E-state index contributed by atoms with van der Waals surface area (Å²) in [6.45, 7) is -0.648.